The Morgan fingerprint density at radius 2 is 2.12 bits per heavy atom. The molecule has 2 N–H and O–H groups in total. The lowest BCUT2D eigenvalue weighted by Gasteiger charge is -2.30. The van der Waals surface area contributed by atoms with Gasteiger partial charge in [0.25, 0.3) is 0 Å². The molecule has 1 aliphatic rings. The van der Waals surface area contributed by atoms with Gasteiger partial charge in [-0.25, -0.2) is 0 Å². The summed E-state index contributed by atoms with van der Waals surface area (Å²) < 4.78 is 0. The third-order valence-electron chi connectivity index (χ3n) is 3.80. The average molecular weight is 234 g/mol. The molecule has 0 saturated heterocycles. The van der Waals surface area contributed by atoms with Gasteiger partial charge in [-0.2, -0.15) is 0 Å². The van der Waals surface area contributed by atoms with Gasteiger partial charge in [0.05, 0.1) is 0 Å². The first-order chi connectivity index (χ1) is 8.08. The first-order valence-corrected chi connectivity index (χ1v) is 6.56. The van der Waals surface area contributed by atoms with E-state index >= 15 is 0 Å². The van der Waals surface area contributed by atoms with E-state index in [1.165, 1.54) is 5.56 Å². The molecular formula is C14H22N2O. The highest BCUT2D eigenvalue weighted by Gasteiger charge is 2.22. The van der Waals surface area contributed by atoms with Crippen LogP contribution in [0.25, 0.3) is 0 Å². The number of nitrogens with one attached hydrogen (secondary N) is 2. The Morgan fingerprint density at radius 3 is 2.82 bits per heavy atom. The largest absolute Gasteiger partial charge is 0.326 e. The van der Waals surface area contributed by atoms with E-state index in [4.69, 9.17) is 0 Å². The minimum Gasteiger partial charge on any atom is -0.326 e. The third kappa shape index (κ3) is 2.78. The van der Waals surface area contributed by atoms with Crippen LogP contribution in [0.2, 0.25) is 0 Å². The lowest BCUT2D eigenvalue weighted by molar-refractivity contribution is 0.349. The van der Waals surface area contributed by atoms with Gasteiger partial charge in [0.1, 0.15) is 0 Å². The van der Waals surface area contributed by atoms with Crippen LogP contribution in [-0.4, -0.2) is 11.0 Å². The minimum atomic E-state index is 0.0151. The van der Waals surface area contributed by atoms with Crippen LogP contribution in [0, 0.1) is 5.92 Å². The molecular weight excluding hydrogens is 212 g/mol. The second kappa shape index (κ2) is 5.05. The summed E-state index contributed by atoms with van der Waals surface area (Å²) in [6.45, 7) is 6.69. The van der Waals surface area contributed by atoms with Gasteiger partial charge in [0.15, 0.2) is 0 Å². The normalized spacial score (nSPS) is 21.3. The zero-order chi connectivity index (χ0) is 12.4. The zero-order valence-corrected chi connectivity index (χ0v) is 10.9. The number of pyridine rings is 1. The van der Waals surface area contributed by atoms with Gasteiger partial charge in [-0.15, -0.1) is 0 Å². The van der Waals surface area contributed by atoms with Crippen molar-refractivity contribution in [2.75, 3.05) is 0 Å². The van der Waals surface area contributed by atoms with E-state index in [0.29, 0.717) is 18.0 Å². The molecule has 0 bridgehead atoms. The van der Waals surface area contributed by atoms with Crippen molar-refractivity contribution in [3.05, 3.63) is 33.7 Å². The molecule has 2 atom stereocenters. The van der Waals surface area contributed by atoms with Crippen molar-refractivity contribution < 1.29 is 0 Å². The summed E-state index contributed by atoms with van der Waals surface area (Å²) in [4.78, 5) is 14.3. The van der Waals surface area contributed by atoms with E-state index in [1.54, 1.807) is 6.07 Å². The van der Waals surface area contributed by atoms with Crippen molar-refractivity contribution in [1.82, 2.24) is 10.3 Å². The molecule has 17 heavy (non-hydrogen) atoms. The highest BCUT2D eigenvalue weighted by atomic mass is 16.1. The molecule has 2 rings (SSSR count). The monoisotopic (exact) mass is 234 g/mol. The predicted octanol–water partition coefficient (Wildman–Crippen LogP) is 2.39. The van der Waals surface area contributed by atoms with Crippen LogP contribution in [0.15, 0.2) is 16.9 Å². The molecule has 0 aliphatic heterocycles. The predicted molar refractivity (Wildman–Crippen MR) is 70.2 cm³/mol. The molecule has 3 nitrogen and oxygen atoms in total. The molecule has 1 aromatic heterocycles. The molecule has 1 aliphatic carbocycles. The number of hydrogen-bond acceptors (Lipinski definition) is 2. The summed E-state index contributed by atoms with van der Waals surface area (Å²) in [5.74, 6) is 0.628. The summed E-state index contributed by atoms with van der Waals surface area (Å²) in [7, 11) is 0. The minimum absolute atomic E-state index is 0.0151. The highest BCUT2D eigenvalue weighted by Crippen LogP contribution is 2.28. The Labute approximate surface area is 103 Å². The lowest BCUT2D eigenvalue weighted by Crippen LogP contribution is -2.36. The molecule has 0 spiro atoms. The van der Waals surface area contributed by atoms with Crippen molar-refractivity contribution in [2.24, 2.45) is 5.92 Å². The Morgan fingerprint density at radius 1 is 1.35 bits per heavy atom. The smallest absolute Gasteiger partial charge is 0.248 e. The first-order valence-electron chi connectivity index (χ1n) is 6.56. The lowest BCUT2D eigenvalue weighted by atomic mass is 9.90. The Kier molecular flexibility index (Phi) is 3.67. The van der Waals surface area contributed by atoms with Crippen LogP contribution in [0.4, 0.5) is 0 Å². The Hall–Kier alpha value is -1.09. The average Bonchev–Trinajstić information content (AvgIpc) is 2.28. The van der Waals surface area contributed by atoms with Crippen molar-refractivity contribution in [1.29, 1.82) is 0 Å². The van der Waals surface area contributed by atoms with Crippen molar-refractivity contribution in [3.63, 3.8) is 0 Å². The Balaban J connectivity index is 2.20. The molecule has 94 valence electrons. The van der Waals surface area contributed by atoms with Crippen LogP contribution >= 0.6 is 0 Å². The third-order valence-corrected chi connectivity index (χ3v) is 3.80. The molecule has 1 aromatic rings. The van der Waals surface area contributed by atoms with Gasteiger partial charge >= 0.3 is 0 Å². The van der Waals surface area contributed by atoms with Crippen LogP contribution in [0.5, 0.6) is 0 Å². The van der Waals surface area contributed by atoms with Crippen LogP contribution in [0.1, 0.15) is 50.9 Å². The Bertz CT molecular complexity index is 436. The number of fused-ring (bicyclic) bond motifs is 1. The van der Waals surface area contributed by atoms with E-state index in [2.05, 4.69) is 31.1 Å². The van der Waals surface area contributed by atoms with Gasteiger partial charge in [-0.3, -0.25) is 4.79 Å². The van der Waals surface area contributed by atoms with Crippen LogP contribution in [-0.2, 0) is 6.42 Å². The van der Waals surface area contributed by atoms with Gasteiger partial charge < -0.3 is 10.3 Å². The number of aromatic amines is 1. The summed E-state index contributed by atoms with van der Waals surface area (Å²) in [5, 5.41) is 3.67. The fourth-order valence-electron chi connectivity index (χ4n) is 2.38. The fraction of sp³-hybridized carbons (Fsp3) is 0.643. The molecule has 1 heterocycles. The number of aryl methyl sites for hydroxylation is 1. The van der Waals surface area contributed by atoms with Crippen LogP contribution in [0.3, 0.4) is 0 Å². The van der Waals surface area contributed by atoms with E-state index in [9.17, 15) is 4.79 Å². The number of H-pyrrole nitrogens is 1. The number of hydrogen-bond donors (Lipinski definition) is 2. The van der Waals surface area contributed by atoms with Gasteiger partial charge in [-0.1, -0.05) is 19.9 Å². The van der Waals surface area contributed by atoms with Crippen LogP contribution < -0.4 is 10.9 Å². The summed E-state index contributed by atoms with van der Waals surface area (Å²) in [6, 6.07) is 4.52. The number of rotatable bonds is 3. The van der Waals surface area contributed by atoms with Crippen molar-refractivity contribution in [2.45, 2.75) is 52.1 Å². The van der Waals surface area contributed by atoms with E-state index < -0.39 is 0 Å². The summed E-state index contributed by atoms with van der Waals surface area (Å²) in [5.41, 5.74) is 2.42. The van der Waals surface area contributed by atoms with Gasteiger partial charge in [0.2, 0.25) is 5.56 Å². The molecule has 0 fully saturated rings. The van der Waals surface area contributed by atoms with Gasteiger partial charge in [-0.05, 0) is 37.7 Å². The maximum atomic E-state index is 11.3. The maximum absolute atomic E-state index is 11.3. The maximum Gasteiger partial charge on any atom is 0.248 e. The van der Waals surface area contributed by atoms with E-state index in [-0.39, 0.29) is 5.56 Å². The molecule has 0 saturated carbocycles. The second-order valence-corrected chi connectivity index (χ2v) is 5.40. The quantitative estimate of drug-likeness (QED) is 0.843. The van der Waals surface area contributed by atoms with E-state index in [1.807, 2.05) is 6.07 Å². The van der Waals surface area contributed by atoms with E-state index in [0.717, 1.165) is 25.0 Å². The molecule has 3 heteroatoms. The molecule has 2 unspecified atom stereocenters. The number of aromatic nitrogens is 1. The fourth-order valence-corrected chi connectivity index (χ4v) is 2.38. The van der Waals surface area contributed by atoms with Gasteiger partial charge in [0, 0.05) is 23.8 Å². The SMILES string of the molecule is CC(C)C(C)NC1CCCc2[nH]c(=O)ccc21. The zero-order valence-electron chi connectivity index (χ0n) is 10.9. The summed E-state index contributed by atoms with van der Waals surface area (Å²) >= 11 is 0. The summed E-state index contributed by atoms with van der Waals surface area (Å²) in [6.07, 6.45) is 3.31. The second-order valence-electron chi connectivity index (χ2n) is 5.40. The molecule has 0 amide bonds. The standard InChI is InChI=1S/C14H22N2O/c1-9(2)10(3)15-12-5-4-6-13-11(12)7-8-14(17)16-13/h7-10,12,15H,4-6H2,1-3H3,(H,16,17). The van der Waals surface area contributed by atoms with Crippen molar-refractivity contribution >= 4 is 0 Å². The van der Waals surface area contributed by atoms with Crippen molar-refractivity contribution in [3.8, 4) is 0 Å². The highest BCUT2D eigenvalue weighted by molar-refractivity contribution is 5.26. The molecule has 0 radical (unpaired) electrons. The molecule has 0 aromatic carbocycles. The first kappa shape index (κ1) is 12.4. The topological polar surface area (TPSA) is 44.9 Å².